The fourth-order valence-corrected chi connectivity index (χ4v) is 5.64. The van der Waals surface area contributed by atoms with E-state index in [0.717, 1.165) is 35.2 Å². The van der Waals surface area contributed by atoms with E-state index in [2.05, 4.69) is 32.7 Å². The fraction of sp³-hybridized carbons (Fsp3) is 0.346. The molecule has 1 aromatic carbocycles. The Kier molecular flexibility index (Phi) is 4.82. The maximum absolute atomic E-state index is 12.6. The topological polar surface area (TPSA) is 101 Å². The number of aromatic nitrogens is 3. The van der Waals surface area contributed by atoms with Crippen LogP contribution in [-0.4, -0.2) is 39.5 Å². The SMILES string of the molecule is COC12CC(CNCc3cc4ccc(CNC(=O)c5cc(=O)n6ccccc6n5)cc4[nH]3)(C1)C2. The van der Waals surface area contributed by atoms with Gasteiger partial charge in [0.15, 0.2) is 0 Å². The summed E-state index contributed by atoms with van der Waals surface area (Å²) in [7, 11) is 1.82. The number of aromatic amines is 1. The van der Waals surface area contributed by atoms with Crippen LogP contribution < -0.4 is 16.2 Å². The van der Waals surface area contributed by atoms with Crippen molar-refractivity contribution in [3.63, 3.8) is 0 Å². The van der Waals surface area contributed by atoms with E-state index in [1.165, 1.54) is 29.7 Å². The summed E-state index contributed by atoms with van der Waals surface area (Å²) >= 11 is 0. The molecule has 3 N–H and O–H groups in total. The lowest BCUT2D eigenvalue weighted by molar-refractivity contribution is -0.271. The maximum atomic E-state index is 12.6. The number of benzene rings is 1. The third-order valence-corrected chi connectivity index (χ3v) is 7.34. The lowest BCUT2D eigenvalue weighted by atomic mass is 9.41. The Morgan fingerprint density at radius 3 is 2.82 bits per heavy atom. The van der Waals surface area contributed by atoms with Crippen LogP contribution in [0, 0.1) is 5.41 Å². The molecule has 3 saturated carbocycles. The number of H-pyrrole nitrogens is 1. The van der Waals surface area contributed by atoms with Gasteiger partial charge in [0.1, 0.15) is 11.3 Å². The number of fused-ring (bicyclic) bond motifs is 2. The summed E-state index contributed by atoms with van der Waals surface area (Å²) in [5, 5.41) is 7.60. The molecular formula is C26H27N5O3. The highest BCUT2D eigenvalue weighted by molar-refractivity contribution is 5.92. The minimum Gasteiger partial charge on any atom is -0.378 e. The molecule has 4 aromatic rings. The van der Waals surface area contributed by atoms with Crippen molar-refractivity contribution in [2.75, 3.05) is 13.7 Å². The van der Waals surface area contributed by atoms with Crippen molar-refractivity contribution in [3.8, 4) is 0 Å². The van der Waals surface area contributed by atoms with Gasteiger partial charge in [-0.05, 0) is 59.9 Å². The molecular weight excluding hydrogens is 430 g/mol. The van der Waals surface area contributed by atoms with Gasteiger partial charge in [0.05, 0.1) is 5.60 Å². The normalized spacial score (nSPS) is 23.0. The van der Waals surface area contributed by atoms with E-state index in [4.69, 9.17) is 4.74 Å². The van der Waals surface area contributed by atoms with Crippen LogP contribution in [-0.2, 0) is 17.8 Å². The summed E-state index contributed by atoms with van der Waals surface area (Å²) in [4.78, 5) is 32.6. The van der Waals surface area contributed by atoms with Gasteiger partial charge in [-0.3, -0.25) is 14.0 Å². The second kappa shape index (κ2) is 7.78. The van der Waals surface area contributed by atoms with Gasteiger partial charge in [-0.25, -0.2) is 4.98 Å². The summed E-state index contributed by atoms with van der Waals surface area (Å²) in [5.41, 5.74) is 4.07. The number of amides is 1. The number of carbonyl (C=O) groups excluding carboxylic acids is 1. The molecule has 3 heterocycles. The Morgan fingerprint density at radius 2 is 2.00 bits per heavy atom. The summed E-state index contributed by atoms with van der Waals surface area (Å²) in [6, 6.07) is 14.8. The number of hydrogen-bond acceptors (Lipinski definition) is 5. The highest BCUT2D eigenvalue weighted by Gasteiger charge is 2.67. The molecule has 0 saturated heterocycles. The number of rotatable bonds is 8. The number of methoxy groups -OCH3 is 1. The van der Waals surface area contributed by atoms with Gasteiger partial charge in [0.25, 0.3) is 11.5 Å². The zero-order valence-electron chi connectivity index (χ0n) is 19.1. The highest BCUT2D eigenvalue weighted by Crippen LogP contribution is 2.68. The van der Waals surface area contributed by atoms with Gasteiger partial charge in [-0.15, -0.1) is 0 Å². The predicted octanol–water partition coefficient (Wildman–Crippen LogP) is 2.76. The quantitative estimate of drug-likeness (QED) is 0.378. The molecule has 0 spiro atoms. The standard InChI is InChI=1S/C26H27N5O3/c1-34-26-13-25(14-26,15-26)16-27-12-19-9-18-6-5-17(8-20(18)29-19)11-28-24(33)21-10-23(32)31-7-3-2-4-22(31)30-21/h2-10,27,29H,11-16H2,1H3,(H,28,33). The van der Waals surface area contributed by atoms with Gasteiger partial charge in [0.2, 0.25) is 0 Å². The average Bonchev–Trinajstić information content (AvgIpc) is 3.20. The first kappa shape index (κ1) is 21.1. The lowest BCUT2D eigenvalue weighted by Crippen LogP contribution is -2.70. The second-order valence-corrected chi connectivity index (χ2v) is 9.83. The molecule has 34 heavy (non-hydrogen) atoms. The second-order valence-electron chi connectivity index (χ2n) is 9.83. The third-order valence-electron chi connectivity index (χ3n) is 7.34. The third kappa shape index (κ3) is 3.59. The number of hydrogen-bond donors (Lipinski definition) is 3. The minimum absolute atomic E-state index is 0.116. The molecule has 174 valence electrons. The summed E-state index contributed by atoms with van der Waals surface area (Å²) in [5.74, 6) is -0.371. The zero-order chi connectivity index (χ0) is 23.3. The van der Waals surface area contributed by atoms with Crippen molar-refractivity contribution in [2.24, 2.45) is 5.41 Å². The molecule has 3 aliphatic rings. The van der Waals surface area contributed by atoms with E-state index in [9.17, 15) is 9.59 Å². The lowest BCUT2D eigenvalue weighted by Gasteiger charge is -2.69. The monoisotopic (exact) mass is 457 g/mol. The first-order chi connectivity index (χ1) is 16.5. The van der Waals surface area contributed by atoms with Crippen LogP contribution >= 0.6 is 0 Å². The summed E-state index contributed by atoms with van der Waals surface area (Å²) in [6.45, 7) is 2.17. The zero-order valence-corrected chi connectivity index (χ0v) is 19.1. The molecule has 1 amide bonds. The molecule has 8 nitrogen and oxygen atoms in total. The van der Waals surface area contributed by atoms with Crippen molar-refractivity contribution in [1.82, 2.24) is 25.0 Å². The number of ether oxygens (including phenoxy) is 1. The van der Waals surface area contributed by atoms with Crippen LogP contribution in [0.25, 0.3) is 16.6 Å². The van der Waals surface area contributed by atoms with Crippen molar-refractivity contribution in [2.45, 2.75) is 38.0 Å². The smallest absolute Gasteiger partial charge is 0.270 e. The average molecular weight is 458 g/mol. The van der Waals surface area contributed by atoms with E-state index in [1.807, 2.05) is 19.2 Å². The summed E-state index contributed by atoms with van der Waals surface area (Å²) < 4.78 is 6.99. The van der Waals surface area contributed by atoms with Gasteiger partial charge < -0.3 is 20.4 Å². The molecule has 7 rings (SSSR count). The van der Waals surface area contributed by atoms with Gasteiger partial charge in [0, 0.05) is 50.2 Å². The predicted molar refractivity (Wildman–Crippen MR) is 129 cm³/mol. The molecule has 0 unspecified atom stereocenters. The Labute approximate surface area is 196 Å². The van der Waals surface area contributed by atoms with Crippen LogP contribution in [0.5, 0.6) is 0 Å². The number of carbonyl (C=O) groups is 1. The van der Waals surface area contributed by atoms with E-state index in [1.54, 1.807) is 24.4 Å². The van der Waals surface area contributed by atoms with E-state index in [0.29, 0.717) is 17.6 Å². The van der Waals surface area contributed by atoms with Crippen molar-refractivity contribution in [1.29, 1.82) is 0 Å². The largest absolute Gasteiger partial charge is 0.378 e. The molecule has 0 atom stereocenters. The van der Waals surface area contributed by atoms with Gasteiger partial charge in [-0.1, -0.05) is 18.2 Å². The van der Waals surface area contributed by atoms with Gasteiger partial charge in [-0.2, -0.15) is 0 Å². The molecule has 3 fully saturated rings. The Hall–Kier alpha value is -3.49. The molecule has 0 radical (unpaired) electrons. The molecule has 2 bridgehead atoms. The van der Waals surface area contributed by atoms with Crippen molar-refractivity contribution < 1.29 is 9.53 Å². The van der Waals surface area contributed by atoms with Gasteiger partial charge >= 0.3 is 0 Å². The Morgan fingerprint density at radius 1 is 1.15 bits per heavy atom. The maximum Gasteiger partial charge on any atom is 0.270 e. The Bertz CT molecular complexity index is 1450. The number of pyridine rings is 1. The summed E-state index contributed by atoms with van der Waals surface area (Å²) in [6.07, 6.45) is 5.16. The van der Waals surface area contributed by atoms with Crippen LogP contribution in [0.2, 0.25) is 0 Å². The van der Waals surface area contributed by atoms with E-state index < -0.39 is 0 Å². The van der Waals surface area contributed by atoms with Crippen molar-refractivity contribution >= 4 is 22.5 Å². The molecule has 0 aliphatic heterocycles. The first-order valence-electron chi connectivity index (χ1n) is 11.6. The molecule has 3 aromatic heterocycles. The highest BCUT2D eigenvalue weighted by atomic mass is 16.5. The van der Waals surface area contributed by atoms with Crippen molar-refractivity contribution in [3.05, 3.63) is 82.0 Å². The molecule has 8 heteroatoms. The number of nitrogens with one attached hydrogen (secondary N) is 3. The fourth-order valence-electron chi connectivity index (χ4n) is 5.64. The molecule has 3 aliphatic carbocycles. The number of nitrogens with zero attached hydrogens (tertiary/aromatic N) is 2. The van der Waals surface area contributed by atoms with Crippen LogP contribution in [0.4, 0.5) is 0 Å². The minimum atomic E-state index is -0.371. The van der Waals surface area contributed by atoms with Crippen LogP contribution in [0.1, 0.15) is 41.0 Å². The Balaban J connectivity index is 1.07. The van der Waals surface area contributed by atoms with Crippen LogP contribution in [0.3, 0.4) is 0 Å². The van der Waals surface area contributed by atoms with E-state index in [-0.39, 0.29) is 22.8 Å². The first-order valence-corrected chi connectivity index (χ1v) is 11.6. The van der Waals surface area contributed by atoms with Crippen LogP contribution in [0.15, 0.2) is 59.5 Å². The van der Waals surface area contributed by atoms with E-state index >= 15 is 0 Å².